The number of morpholine rings is 1. The van der Waals surface area contributed by atoms with E-state index in [4.69, 9.17) is 4.74 Å². The summed E-state index contributed by atoms with van der Waals surface area (Å²) in [5.74, 6) is -0.264. The Morgan fingerprint density at radius 1 is 0.979 bits per heavy atom. The molecule has 2 aromatic carbocycles. The van der Waals surface area contributed by atoms with Crippen LogP contribution in [0, 0.1) is 17.3 Å². The predicted molar refractivity (Wildman–Crippen MR) is 180 cm³/mol. The van der Waals surface area contributed by atoms with Gasteiger partial charge in [0.1, 0.15) is 6.04 Å². The lowest BCUT2D eigenvalue weighted by Crippen LogP contribution is -2.58. The molecule has 3 amide bonds. The smallest absolute Gasteiger partial charge is 0.318 e. The van der Waals surface area contributed by atoms with Crippen LogP contribution in [0.25, 0.3) is 0 Å². The second kappa shape index (κ2) is 15.7. The SMILES string of the molecule is CC(C)[C@H](NC(=O)N1CCOCC1)C(=O)N[C@@H](Cc1ccccc1)[C@@H](O)C[C@]1(Cc2ccccc2)CN([C@H]2[C@H](C)CC[C@H]2O)CC1=O. The molecule has 0 aromatic heterocycles. The van der Waals surface area contributed by atoms with Crippen molar-refractivity contribution in [2.24, 2.45) is 17.3 Å². The van der Waals surface area contributed by atoms with Crippen LogP contribution in [0.15, 0.2) is 60.7 Å². The van der Waals surface area contributed by atoms with Gasteiger partial charge in [0.05, 0.1) is 38.0 Å². The molecule has 10 nitrogen and oxygen atoms in total. The molecule has 3 aliphatic rings. The Kier molecular flexibility index (Phi) is 11.7. The predicted octanol–water partition coefficient (Wildman–Crippen LogP) is 2.80. The van der Waals surface area contributed by atoms with Crippen LogP contribution in [0.4, 0.5) is 4.79 Å². The molecule has 5 rings (SSSR count). The minimum Gasteiger partial charge on any atom is -0.391 e. The molecule has 3 fully saturated rings. The van der Waals surface area contributed by atoms with Gasteiger partial charge in [0.2, 0.25) is 5.91 Å². The van der Waals surface area contributed by atoms with Crippen LogP contribution in [0.5, 0.6) is 0 Å². The van der Waals surface area contributed by atoms with Gasteiger partial charge >= 0.3 is 6.03 Å². The maximum Gasteiger partial charge on any atom is 0.318 e. The summed E-state index contributed by atoms with van der Waals surface area (Å²) < 4.78 is 5.37. The number of carbonyl (C=O) groups excluding carboxylic acids is 3. The van der Waals surface area contributed by atoms with E-state index in [1.54, 1.807) is 4.90 Å². The van der Waals surface area contributed by atoms with Crippen LogP contribution in [-0.4, -0.2) is 107 Å². The molecule has 0 unspecified atom stereocenters. The third-order valence-electron chi connectivity index (χ3n) is 10.4. The normalized spacial score (nSPS) is 27.1. The van der Waals surface area contributed by atoms with E-state index in [-0.39, 0.29) is 48.6 Å². The summed E-state index contributed by atoms with van der Waals surface area (Å²) in [6.07, 6.45) is 1.05. The van der Waals surface area contributed by atoms with Crippen molar-refractivity contribution < 1.29 is 29.3 Å². The summed E-state index contributed by atoms with van der Waals surface area (Å²) >= 11 is 0. The summed E-state index contributed by atoms with van der Waals surface area (Å²) in [6, 6.07) is 17.6. The zero-order chi connectivity index (χ0) is 33.6. The number of ether oxygens (including phenoxy) is 1. The molecule has 1 saturated carbocycles. The van der Waals surface area contributed by atoms with Crippen molar-refractivity contribution in [1.82, 2.24) is 20.4 Å². The molecule has 4 N–H and O–H groups in total. The number of nitrogens with zero attached hydrogens (tertiary/aromatic N) is 2. The first-order valence-electron chi connectivity index (χ1n) is 17.2. The van der Waals surface area contributed by atoms with Crippen molar-refractivity contribution in [1.29, 1.82) is 0 Å². The third kappa shape index (κ3) is 8.59. The lowest BCUT2D eigenvalue weighted by atomic mass is 9.74. The van der Waals surface area contributed by atoms with Crippen LogP contribution in [0.3, 0.4) is 0 Å². The van der Waals surface area contributed by atoms with Gasteiger partial charge in [-0.15, -0.1) is 0 Å². The Morgan fingerprint density at radius 3 is 2.21 bits per heavy atom. The van der Waals surface area contributed by atoms with E-state index in [1.807, 2.05) is 74.5 Å². The molecule has 0 bridgehead atoms. The zero-order valence-electron chi connectivity index (χ0n) is 28.0. The average molecular weight is 649 g/mol. The van der Waals surface area contributed by atoms with Gasteiger partial charge in [0, 0.05) is 31.1 Å². The lowest BCUT2D eigenvalue weighted by Gasteiger charge is -2.36. The summed E-state index contributed by atoms with van der Waals surface area (Å²) in [5.41, 5.74) is 1.05. The number of amides is 3. The Balaban J connectivity index is 1.39. The molecule has 0 spiro atoms. The minimum absolute atomic E-state index is 0.0503. The number of rotatable bonds is 12. The molecular formula is C37H52N4O6. The molecule has 2 saturated heterocycles. The molecule has 0 radical (unpaired) electrons. The van der Waals surface area contributed by atoms with E-state index < -0.39 is 29.7 Å². The molecule has 2 aliphatic heterocycles. The van der Waals surface area contributed by atoms with E-state index in [1.165, 1.54) is 0 Å². The first-order chi connectivity index (χ1) is 22.6. The Bertz CT molecular complexity index is 1330. The highest BCUT2D eigenvalue weighted by Gasteiger charge is 2.52. The van der Waals surface area contributed by atoms with Crippen LogP contribution in [0.2, 0.25) is 0 Å². The summed E-state index contributed by atoms with van der Waals surface area (Å²) in [5, 5.41) is 28.9. The number of nitrogens with one attached hydrogen (secondary N) is 2. The number of ketones is 1. The fourth-order valence-corrected chi connectivity index (χ4v) is 7.74. The van der Waals surface area contributed by atoms with Gasteiger partial charge < -0.3 is 30.5 Å². The molecule has 2 heterocycles. The molecule has 1 aliphatic carbocycles. The maximum atomic E-state index is 14.1. The number of carbonyl (C=O) groups is 3. The van der Waals surface area contributed by atoms with Gasteiger partial charge in [0.15, 0.2) is 5.78 Å². The molecule has 7 atom stereocenters. The van der Waals surface area contributed by atoms with Crippen molar-refractivity contribution in [3.8, 4) is 0 Å². The first-order valence-corrected chi connectivity index (χ1v) is 17.2. The fourth-order valence-electron chi connectivity index (χ4n) is 7.74. The zero-order valence-corrected chi connectivity index (χ0v) is 28.0. The second-order valence-electron chi connectivity index (χ2n) is 14.2. The number of hydrogen-bond acceptors (Lipinski definition) is 7. The fraction of sp³-hybridized carbons (Fsp3) is 0.595. The van der Waals surface area contributed by atoms with Gasteiger partial charge in [-0.1, -0.05) is 81.4 Å². The maximum absolute atomic E-state index is 14.1. The van der Waals surface area contributed by atoms with Crippen LogP contribution < -0.4 is 10.6 Å². The largest absolute Gasteiger partial charge is 0.391 e. The molecule has 2 aromatic rings. The van der Waals surface area contributed by atoms with Gasteiger partial charge in [-0.05, 0) is 55.1 Å². The molecular weight excluding hydrogens is 596 g/mol. The first kappa shape index (κ1) is 35.0. The van der Waals surface area contributed by atoms with Gasteiger partial charge in [-0.25, -0.2) is 4.79 Å². The van der Waals surface area contributed by atoms with Gasteiger partial charge in [0.25, 0.3) is 0 Å². The summed E-state index contributed by atoms with van der Waals surface area (Å²) in [4.78, 5) is 44.8. The monoisotopic (exact) mass is 648 g/mol. The summed E-state index contributed by atoms with van der Waals surface area (Å²) in [7, 11) is 0. The van der Waals surface area contributed by atoms with Crippen LogP contribution >= 0.6 is 0 Å². The van der Waals surface area contributed by atoms with Gasteiger partial charge in [-0.3, -0.25) is 14.5 Å². The Labute approximate surface area is 278 Å². The number of Topliss-reactive ketones (excluding diaryl/α,β-unsaturated/α-hetero) is 1. The number of hydrogen-bond donors (Lipinski definition) is 4. The van der Waals surface area contributed by atoms with Crippen LogP contribution in [0.1, 0.15) is 51.2 Å². The van der Waals surface area contributed by atoms with E-state index in [2.05, 4.69) is 22.5 Å². The second-order valence-corrected chi connectivity index (χ2v) is 14.2. The van der Waals surface area contributed by atoms with Crippen molar-refractivity contribution in [3.63, 3.8) is 0 Å². The van der Waals surface area contributed by atoms with Gasteiger partial charge in [-0.2, -0.15) is 0 Å². The highest BCUT2D eigenvalue weighted by atomic mass is 16.5. The van der Waals surface area contributed by atoms with E-state index in [0.717, 1.165) is 24.0 Å². The number of aliphatic hydroxyl groups is 2. The molecule has 47 heavy (non-hydrogen) atoms. The van der Waals surface area contributed by atoms with Crippen molar-refractivity contribution in [2.75, 3.05) is 39.4 Å². The highest BCUT2D eigenvalue weighted by Crippen LogP contribution is 2.41. The van der Waals surface area contributed by atoms with Crippen molar-refractivity contribution in [2.45, 2.75) is 83.2 Å². The topological polar surface area (TPSA) is 131 Å². The molecule has 10 heteroatoms. The number of benzene rings is 2. The molecule has 256 valence electrons. The lowest BCUT2D eigenvalue weighted by molar-refractivity contribution is -0.127. The number of aliphatic hydroxyl groups excluding tert-OH is 2. The van der Waals surface area contributed by atoms with Crippen LogP contribution in [-0.2, 0) is 27.2 Å². The standard InChI is InChI=1S/C37H52N4O6/c1-25(2)33(39-36(46)40-16-18-47-19-17-40)35(45)38-29(20-27-10-6-4-7-11-27)31(43)22-37(21-28-12-8-5-9-13-28)24-41(23-32(37)44)34-26(3)14-15-30(34)42/h4-13,25-26,29-31,33-34,42-43H,14-24H2,1-3H3,(H,38,45)(H,39,46)/t26-,29+,30-,31+,33+,34+,37-/m1/s1. The van der Waals surface area contributed by atoms with E-state index in [9.17, 15) is 24.6 Å². The quantitative estimate of drug-likeness (QED) is 0.279. The van der Waals surface area contributed by atoms with Crippen molar-refractivity contribution in [3.05, 3.63) is 71.8 Å². The number of urea groups is 1. The average Bonchev–Trinajstić information content (AvgIpc) is 3.56. The Morgan fingerprint density at radius 2 is 1.62 bits per heavy atom. The highest BCUT2D eigenvalue weighted by molar-refractivity contribution is 5.90. The number of likely N-dealkylation sites (tertiary alicyclic amines) is 1. The van der Waals surface area contributed by atoms with Crippen molar-refractivity contribution >= 4 is 17.7 Å². The minimum atomic E-state index is -1.06. The third-order valence-corrected chi connectivity index (χ3v) is 10.4. The Hall–Kier alpha value is -3.31. The summed E-state index contributed by atoms with van der Waals surface area (Å²) in [6.45, 7) is 8.37. The van der Waals surface area contributed by atoms with E-state index >= 15 is 0 Å². The van der Waals surface area contributed by atoms with E-state index in [0.29, 0.717) is 45.7 Å².